The lowest BCUT2D eigenvalue weighted by Gasteiger charge is -2.30. The maximum absolute atomic E-state index is 12.4. The Morgan fingerprint density at radius 3 is 2.77 bits per heavy atom. The summed E-state index contributed by atoms with van der Waals surface area (Å²) < 4.78 is 5.63. The van der Waals surface area contributed by atoms with Gasteiger partial charge in [-0.15, -0.1) is 11.3 Å². The van der Waals surface area contributed by atoms with Crippen LogP contribution in [0.25, 0.3) is 0 Å². The molecule has 0 spiro atoms. The predicted molar refractivity (Wildman–Crippen MR) is 94.1 cm³/mol. The van der Waals surface area contributed by atoms with E-state index in [0.717, 1.165) is 4.88 Å². The zero-order valence-corrected chi connectivity index (χ0v) is 15.1. The molecule has 26 heavy (non-hydrogen) atoms. The molecule has 2 bridgehead atoms. The van der Waals surface area contributed by atoms with Gasteiger partial charge in [0.25, 0.3) is 6.47 Å². The van der Waals surface area contributed by atoms with E-state index in [1.54, 1.807) is 16.2 Å². The molecule has 10 heteroatoms. The van der Waals surface area contributed by atoms with Crippen LogP contribution in [0.4, 0.5) is 4.79 Å². The molecule has 2 atom stereocenters. The Kier molecular flexibility index (Phi) is 7.82. The van der Waals surface area contributed by atoms with E-state index >= 15 is 0 Å². The molecular formula is C16H23N3O6S. The van der Waals surface area contributed by atoms with E-state index in [-0.39, 0.29) is 31.0 Å². The molecular weight excluding hydrogens is 362 g/mol. The number of fused-ring (bicyclic) bond motifs is 3. The number of nitrogens with zero attached hydrogens (tertiary/aromatic N) is 2. The van der Waals surface area contributed by atoms with Gasteiger partial charge in [0.2, 0.25) is 0 Å². The molecule has 2 aliphatic heterocycles. The minimum absolute atomic E-state index is 0.00478. The monoisotopic (exact) mass is 385 g/mol. The molecule has 2 fully saturated rings. The van der Waals surface area contributed by atoms with Gasteiger partial charge in [0.15, 0.2) is 0 Å². The van der Waals surface area contributed by atoms with Crippen LogP contribution in [-0.2, 0) is 20.9 Å². The maximum atomic E-state index is 12.4. The van der Waals surface area contributed by atoms with Crippen molar-refractivity contribution in [2.75, 3.05) is 39.4 Å². The number of aliphatic carboxylic acids is 1. The van der Waals surface area contributed by atoms with Crippen LogP contribution in [0.15, 0.2) is 17.5 Å². The van der Waals surface area contributed by atoms with Crippen LogP contribution in [0.2, 0.25) is 0 Å². The van der Waals surface area contributed by atoms with E-state index in [2.05, 4.69) is 5.32 Å². The first-order valence-corrected chi connectivity index (χ1v) is 9.08. The highest BCUT2D eigenvalue weighted by Gasteiger charge is 2.35. The number of amides is 2. The summed E-state index contributed by atoms with van der Waals surface area (Å²) >= 11 is 1.61. The Labute approximate surface area is 155 Å². The van der Waals surface area contributed by atoms with Crippen LogP contribution in [0.3, 0.4) is 0 Å². The Morgan fingerprint density at radius 2 is 2.12 bits per heavy atom. The molecule has 9 nitrogen and oxygen atoms in total. The van der Waals surface area contributed by atoms with Gasteiger partial charge < -0.3 is 25.2 Å². The fourth-order valence-electron chi connectivity index (χ4n) is 3.15. The number of carbonyl (C=O) groups is 3. The smallest absolute Gasteiger partial charge is 0.317 e. The van der Waals surface area contributed by atoms with Crippen LogP contribution < -0.4 is 5.32 Å². The van der Waals surface area contributed by atoms with Crippen molar-refractivity contribution in [2.45, 2.75) is 12.6 Å². The van der Waals surface area contributed by atoms with Crippen molar-refractivity contribution in [3.8, 4) is 0 Å². The molecule has 2 amide bonds. The van der Waals surface area contributed by atoms with Crippen LogP contribution in [-0.4, -0.2) is 83.9 Å². The molecule has 0 aromatic carbocycles. The molecule has 3 rings (SSSR count). The third-order valence-electron chi connectivity index (χ3n) is 4.20. The predicted octanol–water partition coefficient (Wildman–Crippen LogP) is 0.376. The minimum Gasteiger partial charge on any atom is -0.483 e. The van der Waals surface area contributed by atoms with E-state index in [1.165, 1.54) is 0 Å². The van der Waals surface area contributed by atoms with E-state index in [9.17, 15) is 9.59 Å². The number of hydrogen-bond donors (Lipinski definition) is 3. The molecule has 2 saturated heterocycles. The number of carboxylic acid groups (broad SMARTS) is 2. The van der Waals surface area contributed by atoms with Crippen LogP contribution in [0.5, 0.6) is 0 Å². The van der Waals surface area contributed by atoms with Gasteiger partial charge >= 0.3 is 12.0 Å². The molecule has 0 aliphatic carbocycles. The topological polar surface area (TPSA) is 119 Å². The van der Waals surface area contributed by atoms with Crippen molar-refractivity contribution >= 4 is 29.8 Å². The van der Waals surface area contributed by atoms with Crippen molar-refractivity contribution in [3.63, 3.8) is 0 Å². The number of thiophene rings is 1. The lowest BCUT2D eigenvalue weighted by molar-refractivity contribution is -0.139. The number of carboxylic acids is 1. The molecule has 1 aromatic heterocycles. The standard InChI is InChI=1S/C15H21N3O4S.CH2O2/c19-14(20)8-17-5-11-6-18(7-12(17)10-22-9-11)15(21)16-4-13-2-1-3-23-13;2-1-3/h1-3,11-12H,4-10H2,(H,16,21)(H,19,20);1H,(H,2,3)/t11-,12+;/m1./s1. The van der Waals surface area contributed by atoms with Gasteiger partial charge in [-0.3, -0.25) is 14.5 Å². The van der Waals surface area contributed by atoms with Crippen LogP contribution in [0, 0.1) is 5.92 Å². The van der Waals surface area contributed by atoms with Crippen LogP contribution >= 0.6 is 11.3 Å². The number of nitrogens with one attached hydrogen (secondary N) is 1. The summed E-state index contributed by atoms with van der Waals surface area (Å²) in [5.41, 5.74) is 0. The van der Waals surface area contributed by atoms with Crippen molar-refractivity contribution in [3.05, 3.63) is 22.4 Å². The second kappa shape index (κ2) is 10.1. The van der Waals surface area contributed by atoms with Gasteiger partial charge in [0, 0.05) is 30.4 Å². The van der Waals surface area contributed by atoms with Crippen molar-refractivity contribution in [1.82, 2.24) is 15.1 Å². The zero-order valence-electron chi connectivity index (χ0n) is 14.2. The molecule has 144 valence electrons. The molecule has 0 saturated carbocycles. The number of urea groups is 1. The first kappa shape index (κ1) is 20.1. The zero-order chi connectivity index (χ0) is 18.9. The van der Waals surface area contributed by atoms with E-state index in [0.29, 0.717) is 39.4 Å². The molecule has 0 unspecified atom stereocenters. The highest BCUT2D eigenvalue weighted by Crippen LogP contribution is 2.19. The molecule has 3 N–H and O–H groups in total. The van der Waals surface area contributed by atoms with Gasteiger partial charge in [-0.2, -0.15) is 0 Å². The van der Waals surface area contributed by atoms with Gasteiger partial charge in [0.05, 0.1) is 32.3 Å². The summed E-state index contributed by atoms with van der Waals surface area (Å²) in [5.74, 6) is -0.694. The number of rotatable bonds is 4. The van der Waals surface area contributed by atoms with Crippen molar-refractivity contribution < 1.29 is 29.3 Å². The average Bonchev–Trinajstić information content (AvgIpc) is 2.94. The average molecular weight is 385 g/mol. The third kappa shape index (κ3) is 5.97. The largest absolute Gasteiger partial charge is 0.483 e. The summed E-state index contributed by atoms with van der Waals surface area (Å²) in [6.07, 6.45) is 0. The lowest BCUT2D eigenvalue weighted by atomic mass is 10.1. The summed E-state index contributed by atoms with van der Waals surface area (Å²) in [4.78, 5) is 36.7. The fraction of sp³-hybridized carbons (Fsp3) is 0.562. The van der Waals surface area contributed by atoms with Gasteiger partial charge in [0.1, 0.15) is 0 Å². The highest BCUT2D eigenvalue weighted by molar-refractivity contribution is 7.09. The maximum Gasteiger partial charge on any atom is 0.317 e. The number of hydrogen-bond acceptors (Lipinski definition) is 6. The number of ether oxygens (including phenoxy) is 1. The first-order chi connectivity index (χ1) is 12.5. The summed E-state index contributed by atoms with van der Waals surface area (Å²) in [6, 6.07) is 3.80. The SMILES string of the molecule is O=C(O)CN1C[C@H]2COC[C@@H]1CN(C(=O)NCc1cccs1)C2.O=CO. The number of carbonyl (C=O) groups excluding carboxylic acids is 1. The Hall–Kier alpha value is -2.17. The first-order valence-electron chi connectivity index (χ1n) is 8.20. The Balaban J connectivity index is 0.000000758. The second-order valence-electron chi connectivity index (χ2n) is 6.13. The summed E-state index contributed by atoms with van der Waals surface area (Å²) in [5, 5.41) is 20.9. The summed E-state index contributed by atoms with van der Waals surface area (Å²) in [7, 11) is 0. The summed E-state index contributed by atoms with van der Waals surface area (Å²) in [6.45, 7) is 3.07. The molecule has 3 heterocycles. The normalized spacial score (nSPS) is 22.5. The molecule has 0 radical (unpaired) electrons. The quantitative estimate of drug-likeness (QED) is 0.641. The van der Waals surface area contributed by atoms with Crippen molar-refractivity contribution in [1.29, 1.82) is 0 Å². The molecule has 1 aromatic rings. The second-order valence-corrected chi connectivity index (χ2v) is 7.16. The van der Waals surface area contributed by atoms with Gasteiger partial charge in [-0.1, -0.05) is 6.07 Å². The Morgan fingerprint density at radius 1 is 1.35 bits per heavy atom. The minimum atomic E-state index is -0.841. The fourth-order valence-corrected chi connectivity index (χ4v) is 3.79. The third-order valence-corrected chi connectivity index (χ3v) is 5.08. The van der Waals surface area contributed by atoms with Crippen molar-refractivity contribution in [2.24, 2.45) is 5.92 Å². The van der Waals surface area contributed by atoms with Crippen LogP contribution in [0.1, 0.15) is 4.88 Å². The lowest BCUT2D eigenvalue weighted by Crippen LogP contribution is -2.49. The highest BCUT2D eigenvalue weighted by atomic mass is 32.1. The van der Waals surface area contributed by atoms with E-state index in [1.807, 2.05) is 22.4 Å². The van der Waals surface area contributed by atoms with Gasteiger partial charge in [-0.25, -0.2) is 4.79 Å². The Bertz CT molecular complexity index is 597. The molecule has 2 aliphatic rings. The van der Waals surface area contributed by atoms with Gasteiger partial charge in [-0.05, 0) is 11.4 Å². The van der Waals surface area contributed by atoms with E-state index < -0.39 is 5.97 Å². The van der Waals surface area contributed by atoms with E-state index in [4.69, 9.17) is 19.7 Å².